The van der Waals surface area contributed by atoms with Crippen LogP contribution in [0, 0.1) is 17.5 Å². The second-order valence-electron chi connectivity index (χ2n) is 4.28. The van der Waals surface area contributed by atoms with Gasteiger partial charge in [0.2, 0.25) is 0 Å². The third kappa shape index (κ3) is 3.15. The highest BCUT2D eigenvalue weighted by Gasteiger charge is 2.19. The molecule has 20 heavy (non-hydrogen) atoms. The quantitative estimate of drug-likeness (QED) is 0.572. The summed E-state index contributed by atoms with van der Waals surface area (Å²) in [6, 6.07) is 9.43. The number of hydrogen-bond acceptors (Lipinski definition) is 1. The van der Waals surface area contributed by atoms with E-state index in [1.807, 2.05) is 12.1 Å². The molecule has 0 radical (unpaired) electrons. The van der Waals surface area contributed by atoms with E-state index in [-0.39, 0.29) is 5.56 Å². The Morgan fingerprint density at radius 1 is 1.00 bits per heavy atom. The highest BCUT2D eigenvalue weighted by molar-refractivity contribution is 9.09. The van der Waals surface area contributed by atoms with Gasteiger partial charge in [0.15, 0.2) is 17.5 Å². The van der Waals surface area contributed by atoms with Gasteiger partial charge in [-0.25, -0.2) is 13.2 Å². The van der Waals surface area contributed by atoms with Crippen molar-refractivity contribution in [2.45, 2.75) is 11.2 Å². The van der Waals surface area contributed by atoms with Gasteiger partial charge in [0, 0.05) is 10.4 Å². The fraction of sp³-hybridized carbons (Fsp3) is 0.200. The number of rotatable bonds is 4. The predicted octanol–water partition coefficient (Wildman–Crippen LogP) is 4.79. The summed E-state index contributed by atoms with van der Waals surface area (Å²) >= 11 is 3.31. The van der Waals surface area contributed by atoms with Gasteiger partial charge in [0.25, 0.3) is 0 Å². The van der Waals surface area contributed by atoms with Crippen LogP contribution in [0.15, 0.2) is 36.4 Å². The highest BCUT2D eigenvalue weighted by atomic mass is 79.9. The lowest BCUT2D eigenvalue weighted by molar-refractivity contribution is 0.414. The molecule has 0 aliphatic carbocycles. The largest absolute Gasteiger partial charge is 0.497 e. The van der Waals surface area contributed by atoms with Gasteiger partial charge < -0.3 is 4.74 Å². The summed E-state index contributed by atoms with van der Waals surface area (Å²) in [5, 5.41) is 0. The van der Waals surface area contributed by atoms with Gasteiger partial charge in [-0.1, -0.05) is 34.1 Å². The van der Waals surface area contributed by atoms with Crippen LogP contribution in [0.3, 0.4) is 0 Å². The summed E-state index contributed by atoms with van der Waals surface area (Å²) in [5.74, 6) is -3.06. The molecule has 0 heterocycles. The molecular weight excluding hydrogens is 333 g/mol. The molecule has 5 heteroatoms. The van der Waals surface area contributed by atoms with E-state index in [2.05, 4.69) is 15.9 Å². The number of hydrogen-bond donors (Lipinski definition) is 0. The average Bonchev–Trinajstić information content (AvgIpc) is 2.45. The van der Waals surface area contributed by atoms with Crippen molar-refractivity contribution in [3.8, 4) is 5.75 Å². The monoisotopic (exact) mass is 344 g/mol. The zero-order valence-electron chi connectivity index (χ0n) is 10.7. The Labute approximate surface area is 123 Å². The van der Waals surface area contributed by atoms with Crippen molar-refractivity contribution >= 4 is 15.9 Å². The van der Waals surface area contributed by atoms with Crippen LogP contribution in [0.2, 0.25) is 0 Å². The lowest BCUT2D eigenvalue weighted by Gasteiger charge is -2.12. The fourth-order valence-electron chi connectivity index (χ4n) is 1.86. The molecule has 0 N–H and O–H groups in total. The Morgan fingerprint density at radius 3 is 2.25 bits per heavy atom. The summed E-state index contributed by atoms with van der Waals surface area (Å²) in [6.45, 7) is 0. The molecule has 2 rings (SSSR count). The zero-order chi connectivity index (χ0) is 14.7. The summed E-state index contributed by atoms with van der Waals surface area (Å²) in [4.78, 5) is -0.439. The van der Waals surface area contributed by atoms with Crippen molar-refractivity contribution in [2.24, 2.45) is 0 Å². The third-order valence-corrected chi connectivity index (χ3v) is 3.79. The maximum absolute atomic E-state index is 13.7. The highest BCUT2D eigenvalue weighted by Crippen LogP contribution is 2.31. The average molecular weight is 345 g/mol. The Hall–Kier alpha value is -1.49. The molecule has 2 aromatic rings. The van der Waals surface area contributed by atoms with E-state index in [0.717, 1.165) is 17.4 Å². The number of alkyl halides is 1. The van der Waals surface area contributed by atoms with Gasteiger partial charge in [-0.15, -0.1) is 0 Å². The van der Waals surface area contributed by atoms with Crippen molar-refractivity contribution in [1.29, 1.82) is 0 Å². The van der Waals surface area contributed by atoms with Crippen LogP contribution in [-0.2, 0) is 6.42 Å². The first kappa shape index (κ1) is 14.9. The normalized spacial score (nSPS) is 12.2. The molecule has 0 saturated carbocycles. The lowest BCUT2D eigenvalue weighted by Crippen LogP contribution is -2.02. The van der Waals surface area contributed by atoms with Gasteiger partial charge >= 0.3 is 0 Å². The van der Waals surface area contributed by atoms with Gasteiger partial charge in [-0.05, 0) is 30.2 Å². The number of ether oxygens (including phenoxy) is 1. The summed E-state index contributed by atoms with van der Waals surface area (Å²) in [5.41, 5.74) is 1.02. The van der Waals surface area contributed by atoms with Gasteiger partial charge in [-0.3, -0.25) is 0 Å². The Bertz CT molecular complexity index is 599. The molecule has 0 aliphatic heterocycles. The third-order valence-electron chi connectivity index (χ3n) is 2.98. The second-order valence-corrected chi connectivity index (χ2v) is 5.39. The minimum atomic E-state index is -1.44. The standard InChI is InChI=1S/C15H12BrF3O/c1-20-10-4-2-9(3-5-10)8-12(16)11-6-7-13(17)15(19)14(11)18/h2-7,12H,8H2,1H3. The molecule has 2 aromatic carbocycles. The molecule has 0 saturated heterocycles. The molecule has 0 bridgehead atoms. The van der Waals surface area contributed by atoms with E-state index in [1.165, 1.54) is 6.07 Å². The molecular formula is C15H12BrF3O. The van der Waals surface area contributed by atoms with Crippen LogP contribution in [-0.4, -0.2) is 7.11 Å². The Morgan fingerprint density at radius 2 is 1.65 bits per heavy atom. The zero-order valence-corrected chi connectivity index (χ0v) is 12.3. The van der Waals surface area contributed by atoms with Crippen molar-refractivity contribution in [3.63, 3.8) is 0 Å². The molecule has 0 amide bonds. The van der Waals surface area contributed by atoms with Crippen LogP contribution in [0.1, 0.15) is 16.0 Å². The van der Waals surface area contributed by atoms with Crippen LogP contribution < -0.4 is 4.74 Å². The van der Waals surface area contributed by atoms with Crippen molar-refractivity contribution in [3.05, 3.63) is 65.0 Å². The van der Waals surface area contributed by atoms with E-state index < -0.39 is 22.3 Å². The van der Waals surface area contributed by atoms with Gasteiger partial charge in [0.05, 0.1) is 7.11 Å². The van der Waals surface area contributed by atoms with E-state index in [0.29, 0.717) is 6.42 Å². The topological polar surface area (TPSA) is 9.23 Å². The minimum absolute atomic E-state index is 0.0970. The minimum Gasteiger partial charge on any atom is -0.497 e. The van der Waals surface area contributed by atoms with Crippen LogP contribution in [0.5, 0.6) is 5.75 Å². The molecule has 0 aliphatic rings. The van der Waals surface area contributed by atoms with Crippen LogP contribution in [0.4, 0.5) is 13.2 Å². The fourth-order valence-corrected chi connectivity index (χ4v) is 2.59. The van der Waals surface area contributed by atoms with E-state index in [4.69, 9.17) is 4.74 Å². The second kappa shape index (κ2) is 6.31. The summed E-state index contributed by atoms with van der Waals surface area (Å²) < 4.78 is 44.8. The molecule has 0 aromatic heterocycles. The van der Waals surface area contributed by atoms with E-state index in [1.54, 1.807) is 19.2 Å². The molecule has 1 unspecified atom stereocenters. The summed E-state index contributed by atoms with van der Waals surface area (Å²) in [7, 11) is 1.57. The van der Waals surface area contributed by atoms with Crippen molar-refractivity contribution < 1.29 is 17.9 Å². The van der Waals surface area contributed by atoms with Gasteiger partial charge in [0.1, 0.15) is 5.75 Å². The first-order valence-electron chi connectivity index (χ1n) is 5.93. The van der Waals surface area contributed by atoms with E-state index in [9.17, 15) is 13.2 Å². The number of methoxy groups -OCH3 is 1. The van der Waals surface area contributed by atoms with Crippen LogP contribution >= 0.6 is 15.9 Å². The van der Waals surface area contributed by atoms with E-state index >= 15 is 0 Å². The number of halogens is 4. The Balaban J connectivity index is 2.19. The van der Waals surface area contributed by atoms with Crippen molar-refractivity contribution in [1.82, 2.24) is 0 Å². The van der Waals surface area contributed by atoms with Gasteiger partial charge in [-0.2, -0.15) is 0 Å². The molecule has 106 valence electrons. The number of benzene rings is 2. The van der Waals surface area contributed by atoms with Crippen molar-refractivity contribution in [2.75, 3.05) is 7.11 Å². The Kier molecular flexibility index (Phi) is 4.70. The lowest BCUT2D eigenvalue weighted by atomic mass is 10.0. The maximum Gasteiger partial charge on any atom is 0.194 e. The summed E-state index contributed by atoms with van der Waals surface area (Å²) in [6.07, 6.45) is 0.450. The first-order chi connectivity index (χ1) is 9.52. The molecule has 1 nitrogen and oxygen atoms in total. The van der Waals surface area contributed by atoms with Crippen LogP contribution in [0.25, 0.3) is 0 Å². The molecule has 1 atom stereocenters. The molecule has 0 spiro atoms. The first-order valence-corrected chi connectivity index (χ1v) is 6.85. The predicted molar refractivity (Wildman–Crippen MR) is 74.7 cm³/mol. The maximum atomic E-state index is 13.7. The SMILES string of the molecule is COc1ccc(CC(Br)c2ccc(F)c(F)c2F)cc1. The molecule has 0 fully saturated rings. The smallest absolute Gasteiger partial charge is 0.194 e.